The lowest BCUT2D eigenvalue weighted by molar-refractivity contribution is -0.137. The van der Waals surface area contributed by atoms with E-state index in [2.05, 4.69) is 10.3 Å². The van der Waals surface area contributed by atoms with E-state index >= 15 is 0 Å². The molecule has 11 heteroatoms. The minimum Gasteiger partial charge on any atom is -0.335 e. The van der Waals surface area contributed by atoms with E-state index in [0.717, 1.165) is 23.1 Å². The topological polar surface area (TPSA) is 65.5 Å². The molecule has 1 aliphatic rings. The molecule has 3 rings (SSSR count). The molecule has 0 saturated carbocycles. The van der Waals surface area contributed by atoms with Gasteiger partial charge < -0.3 is 10.2 Å². The Balaban J connectivity index is 1.99. The number of amides is 3. The normalized spacial score (nSPS) is 16.6. The molecule has 0 spiro atoms. The zero-order chi connectivity index (χ0) is 22.2. The lowest BCUT2D eigenvalue weighted by atomic mass is 10.1. The summed E-state index contributed by atoms with van der Waals surface area (Å²) < 4.78 is 53.1. The van der Waals surface area contributed by atoms with E-state index in [1.807, 2.05) is 0 Å². The maximum atomic E-state index is 13.5. The number of benzene rings is 1. The summed E-state index contributed by atoms with van der Waals surface area (Å²) in [4.78, 5) is 31.7. The standard InChI is InChI=1S/C19H17ClF4N4O2/c1-3-27(12-4-5-14(21)13(20)8-12)17(29)15-9-25-18(30)28(15)16-7-11(19(22,23)24)6-10(2)26-16/h4-8,15H,3,9H2,1-2H3,(H,25,30). The summed E-state index contributed by atoms with van der Waals surface area (Å²) in [6.07, 6.45) is -4.64. The number of nitrogens with one attached hydrogen (secondary N) is 1. The highest BCUT2D eigenvalue weighted by molar-refractivity contribution is 6.31. The molecule has 1 aromatic heterocycles. The lowest BCUT2D eigenvalue weighted by Gasteiger charge is -2.28. The number of alkyl halides is 3. The smallest absolute Gasteiger partial charge is 0.335 e. The second-order valence-electron chi connectivity index (χ2n) is 6.61. The molecule has 2 aromatic rings. The van der Waals surface area contributed by atoms with Gasteiger partial charge in [-0.2, -0.15) is 13.2 Å². The van der Waals surface area contributed by atoms with E-state index in [9.17, 15) is 27.2 Å². The number of anilines is 2. The number of urea groups is 1. The molecule has 1 atom stereocenters. The highest BCUT2D eigenvalue weighted by Crippen LogP contribution is 2.33. The van der Waals surface area contributed by atoms with Gasteiger partial charge in [-0.1, -0.05) is 11.6 Å². The number of hydrogen-bond donors (Lipinski definition) is 1. The molecule has 0 bridgehead atoms. The van der Waals surface area contributed by atoms with Gasteiger partial charge in [-0.05, 0) is 44.2 Å². The first-order chi connectivity index (χ1) is 14.0. The lowest BCUT2D eigenvalue weighted by Crippen LogP contribution is -2.48. The van der Waals surface area contributed by atoms with Crippen LogP contribution in [0, 0.1) is 12.7 Å². The molecular formula is C19H17ClF4N4O2. The number of nitrogens with zero attached hydrogens (tertiary/aromatic N) is 3. The van der Waals surface area contributed by atoms with Crippen LogP contribution >= 0.6 is 11.6 Å². The van der Waals surface area contributed by atoms with Gasteiger partial charge in [0.25, 0.3) is 5.91 Å². The molecule has 1 saturated heterocycles. The second-order valence-corrected chi connectivity index (χ2v) is 7.01. The molecule has 1 aliphatic heterocycles. The Labute approximate surface area is 174 Å². The number of carbonyl (C=O) groups is 2. The predicted octanol–water partition coefficient (Wildman–Crippen LogP) is 4.15. The summed E-state index contributed by atoms with van der Waals surface area (Å²) >= 11 is 5.80. The van der Waals surface area contributed by atoms with E-state index in [4.69, 9.17) is 11.6 Å². The molecule has 1 N–H and O–H groups in total. The Bertz CT molecular complexity index is 999. The zero-order valence-corrected chi connectivity index (χ0v) is 16.7. The first kappa shape index (κ1) is 21.8. The molecule has 1 aromatic carbocycles. The average Bonchev–Trinajstić information content (AvgIpc) is 3.05. The summed E-state index contributed by atoms with van der Waals surface area (Å²) in [6, 6.07) is 3.41. The van der Waals surface area contributed by atoms with Gasteiger partial charge in [-0.25, -0.2) is 14.2 Å². The van der Waals surface area contributed by atoms with Crippen LogP contribution in [-0.2, 0) is 11.0 Å². The van der Waals surface area contributed by atoms with Crippen LogP contribution in [0.5, 0.6) is 0 Å². The quantitative estimate of drug-likeness (QED) is 0.720. The van der Waals surface area contributed by atoms with Gasteiger partial charge in [0, 0.05) is 24.5 Å². The van der Waals surface area contributed by atoms with Crippen molar-refractivity contribution in [3.05, 3.63) is 52.4 Å². The fourth-order valence-electron chi connectivity index (χ4n) is 3.20. The number of carbonyl (C=O) groups excluding carboxylic acids is 2. The summed E-state index contributed by atoms with van der Waals surface area (Å²) in [5.74, 6) is -1.52. The third kappa shape index (κ3) is 4.18. The molecule has 30 heavy (non-hydrogen) atoms. The van der Waals surface area contributed by atoms with Crippen molar-refractivity contribution in [3.63, 3.8) is 0 Å². The second kappa shape index (κ2) is 8.10. The van der Waals surface area contributed by atoms with Crippen molar-refractivity contribution in [2.24, 2.45) is 0 Å². The van der Waals surface area contributed by atoms with Crippen LogP contribution in [0.15, 0.2) is 30.3 Å². The van der Waals surface area contributed by atoms with E-state index in [0.29, 0.717) is 5.69 Å². The molecule has 2 heterocycles. The molecule has 0 radical (unpaired) electrons. The Morgan fingerprint density at radius 2 is 2.03 bits per heavy atom. The number of aromatic nitrogens is 1. The fourth-order valence-corrected chi connectivity index (χ4v) is 3.37. The number of aryl methyl sites for hydroxylation is 1. The molecule has 0 aliphatic carbocycles. The first-order valence-electron chi connectivity index (χ1n) is 8.92. The molecule has 6 nitrogen and oxygen atoms in total. The van der Waals surface area contributed by atoms with Gasteiger partial charge in [0.1, 0.15) is 17.7 Å². The number of pyridine rings is 1. The van der Waals surface area contributed by atoms with Gasteiger partial charge in [0.2, 0.25) is 0 Å². The Hall–Kier alpha value is -2.88. The highest BCUT2D eigenvalue weighted by atomic mass is 35.5. The van der Waals surface area contributed by atoms with Crippen molar-refractivity contribution in [2.75, 3.05) is 22.9 Å². The van der Waals surface area contributed by atoms with Crippen LogP contribution < -0.4 is 15.1 Å². The molecule has 1 fully saturated rings. The van der Waals surface area contributed by atoms with Crippen molar-refractivity contribution in [3.8, 4) is 0 Å². The minimum atomic E-state index is -4.64. The summed E-state index contributed by atoms with van der Waals surface area (Å²) in [5.41, 5.74) is -0.640. The number of rotatable bonds is 4. The Morgan fingerprint density at radius 3 is 2.63 bits per heavy atom. The molecular weight excluding hydrogens is 428 g/mol. The summed E-state index contributed by atoms with van der Waals surface area (Å²) in [5, 5.41) is 2.27. The number of likely N-dealkylation sites (N-methyl/N-ethyl adjacent to an activating group) is 1. The van der Waals surface area contributed by atoms with Crippen LogP contribution in [0.2, 0.25) is 5.02 Å². The van der Waals surface area contributed by atoms with Crippen molar-refractivity contribution < 1.29 is 27.2 Å². The fraction of sp³-hybridized carbons (Fsp3) is 0.316. The van der Waals surface area contributed by atoms with E-state index in [1.165, 1.54) is 24.0 Å². The number of hydrogen-bond acceptors (Lipinski definition) is 3. The van der Waals surface area contributed by atoms with E-state index in [1.54, 1.807) is 6.92 Å². The maximum Gasteiger partial charge on any atom is 0.416 e. The van der Waals surface area contributed by atoms with Crippen LogP contribution in [0.4, 0.5) is 33.9 Å². The summed E-state index contributed by atoms with van der Waals surface area (Å²) in [6.45, 7) is 3.06. The zero-order valence-electron chi connectivity index (χ0n) is 15.9. The SMILES string of the molecule is CCN(C(=O)C1CNC(=O)N1c1cc(C(F)(F)F)cc(C)n1)c1ccc(F)c(Cl)c1. The van der Waals surface area contributed by atoms with E-state index in [-0.39, 0.29) is 29.6 Å². The van der Waals surface area contributed by atoms with Crippen molar-refractivity contribution >= 4 is 35.0 Å². The van der Waals surface area contributed by atoms with Gasteiger partial charge in [-0.15, -0.1) is 0 Å². The predicted molar refractivity (Wildman–Crippen MR) is 103 cm³/mol. The molecule has 3 amide bonds. The van der Waals surface area contributed by atoms with Crippen LogP contribution in [0.25, 0.3) is 0 Å². The Kier molecular flexibility index (Phi) is 5.89. The average molecular weight is 445 g/mol. The van der Waals surface area contributed by atoms with Crippen molar-refractivity contribution in [2.45, 2.75) is 26.1 Å². The highest BCUT2D eigenvalue weighted by Gasteiger charge is 2.41. The summed E-state index contributed by atoms with van der Waals surface area (Å²) in [7, 11) is 0. The van der Waals surface area contributed by atoms with E-state index < -0.39 is 35.5 Å². The minimum absolute atomic E-state index is 0.0448. The van der Waals surface area contributed by atoms with Crippen LogP contribution in [0.3, 0.4) is 0 Å². The molecule has 1 unspecified atom stereocenters. The monoisotopic (exact) mass is 444 g/mol. The van der Waals surface area contributed by atoms with Gasteiger partial charge in [0.15, 0.2) is 0 Å². The largest absolute Gasteiger partial charge is 0.416 e. The van der Waals surface area contributed by atoms with Crippen LogP contribution in [0.1, 0.15) is 18.2 Å². The number of halogens is 5. The Morgan fingerprint density at radius 1 is 1.33 bits per heavy atom. The first-order valence-corrected chi connectivity index (χ1v) is 9.30. The van der Waals surface area contributed by atoms with Crippen molar-refractivity contribution in [1.29, 1.82) is 0 Å². The third-order valence-electron chi connectivity index (χ3n) is 4.57. The van der Waals surface area contributed by atoms with Gasteiger partial charge >= 0.3 is 12.2 Å². The maximum absolute atomic E-state index is 13.5. The van der Waals surface area contributed by atoms with Crippen LogP contribution in [-0.4, -0.2) is 36.1 Å². The van der Waals surface area contributed by atoms with Gasteiger partial charge in [0.05, 0.1) is 10.6 Å². The third-order valence-corrected chi connectivity index (χ3v) is 4.86. The van der Waals surface area contributed by atoms with Gasteiger partial charge in [-0.3, -0.25) is 9.69 Å². The molecule has 160 valence electrons. The van der Waals surface area contributed by atoms with Crippen molar-refractivity contribution in [1.82, 2.24) is 10.3 Å².